The average molecular weight is 526 g/mol. The Labute approximate surface area is 203 Å². The van der Waals surface area contributed by atoms with Crippen molar-refractivity contribution in [2.24, 2.45) is 0 Å². The van der Waals surface area contributed by atoms with Gasteiger partial charge in [0.05, 0.1) is 12.0 Å². The summed E-state index contributed by atoms with van der Waals surface area (Å²) in [5, 5.41) is 2.22. The Morgan fingerprint density at radius 3 is 2.48 bits per heavy atom. The summed E-state index contributed by atoms with van der Waals surface area (Å²) in [5.74, 6) is -0.158. The fourth-order valence-corrected chi connectivity index (χ4v) is 4.47. The first-order valence-corrected chi connectivity index (χ1v) is 11.6. The van der Waals surface area contributed by atoms with E-state index >= 15 is 0 Å². The van der Waals surface area contributed by atoms with Gasteiger partial charge in [-0.2, -0.15) is 0 Å². The molecule has 1 aliphatic heterocycles. The van der Waals surface area contributed by atoms with E-state index in [0.717, 1.165) is 43.8 Å². The topological polar surface area (TPSA) is 80.6 Å². The molecule has 0 spiro atoms. The van der Waals surface area contributed by atoms with Crippen molar-refractivity contribution in [1.29, 1.82) is 0 Å². The molecule has 3 aromatic rings. The normalized spacial score (nSPS) is 14.8. The highest BCUT2D eigenvalue weighted by molar-refractivity contribution is 9.10. The van der Waals surface area contributed by atoms with E-state index in [9.17, 15) is 14.4 Å². The van der Waals surface area contributed by atoms with Gasteiger partial charge in [0.15, 0.2) is 0 Å². The van der Waals surface area contributed by atoms with Crippen LogP contribution in [0.25, 0.3) is 11.8 Å². The molecule has 4 rings (SSSR count). The van der Waals surface area contributed by atoms with Gasteiger partial charge in [-0.15, -0.1) is 0 Å². The summed E-state index contributed by atoms with van der Waals surface area (Å²) in [4.78, 5) is 38.8. The molecule has 9 heteroatoms. The second kappa shape index (κ2) is 9.68. The molecule has 3 amide bonds. The fourth-order valence-electron chi connectivity index (χ4n) is 3.36. The summed E-state index contributed by atoms with van der Waals surface area (Å²) in [6.45, 7) is 1.61. The number of imide groups is 1. The van der Waals surface area contributed by atoms with Gasteiger partial charge in [-0.05, 0) is 84.9 Å². The number of ether oxygens (including phenoxy) is 1. The quantitative estimate of drug-likeness (QED) is 0.445. The van der Waals surface area contributed by atoms with Crippen LogP contribution in [-0.2, 0) is 9.59 Å². The lowest BCUT2D eigenvalue weighted by Crippen LogP contribution is -2.36. The van der Waals surface area contributed by atoms with Gasteiger partial charge in [-0.25, -0.2) is 0 Å². The number of carbonyl (C=O) groups is 3. The lowest BCUT2D eigenvalue weighted by atomic mass is 10.2. The molecule has 0 aliphatic carbocycles. The third-order valence-electron chi connectivity index (χ3n) is 4.99. The van der Waals surface area contributed by atoms with Crippen molar-refractivity contribution >= 4 is 56.5 Å². The van der Waals surface area contributed by atoms with E-state index < -0.39 is 17.1 Å². The molecule has 1 fully saturated rings. The molecular formula is C24H20BrN3O4S. The van der Waals surface area contributed by atoms with E-state index in [4.69, 9.17) is 4.74 Å². The molecule has 0 radical (unpaired) electrons. The molecule has 1 aromatic heterocycles. The minimum Gasteiger partial charge on any atom is -0.497 e. The lowest BCUT2D eigenvalue weighted by Gasteiger charge is -2.12. The number of rotatable bonds is 6. The largest absolute Gasteiger partial charge is 0.497 e. The van der Waals surface area contributed by atoms with Gasteiger partial charge in [0.25, 0.3) is 11.1 Å². The van der Waals surface area contributed by atoms with E-state index in [1.807, 2.05) is 48.0 Å². The summed E-state index contributed by atoms with van der Waals surface area (Å²) in [5.41, 5.74) is 3.29. The van der Waals surface area contributed by atoms with Crippen molar-refractivity contribution in [3.05, 3.63) is 81.4 Å². The van der Waals surface area contributed by atoms with E-state index in [0.29, 0.717) is 5.69 Å². The Balaban J connectivity index is 1.47. The summed E-state index contributed by atoms with van der Waals surface area (Å²) in [7, 11) is 1.62. The maximum Gasteiger partial charge on any atom is 0.294 e. The maximum absolute atomic E-state index is 12.8. The fraction of sp³-hybridized carbons (Fsp3) is 0.125. The summed E-state index contributed by atoms with van der Waals surface area (Å²) < 4.78 is 8.07. The number of nitrogens with one attached hydrogen (secondary N) is 1. The zero-order valence-corrected chi connectivity index (χ0v) is 20.3. The predicted molar refractivity (Wildman–Crippen MR) is 133 cm³/mol. The third kappa shape index (κ3) is 5.20. The van der Waals surface area contributed by atoms with Crippen LogP contribution in [0.5, 0.6) is 5.75 Å². The maximum atomic E-state index is 12.8. The number of aromatic nitrogens is 1. The van der Waals surface area contributed by atoms with Gasteiger partial charge in [-0.1, -0.05) is 15.9 Å². The summed E-state index contributed by atoms with van der Waals surface area (Å²) >= 11 is 4.16. The van der Waals surface area contributed by atoms with Crippen LogP contribution in [0.4, 0.5) is 10.5 Å². The molecule has 2 aromatic carbocycles. The van der Waals surface area contributed by atoms with Crippen molar-refractivity contribution in [3.63, 3.8) is 0 Å². The highest BCUT2D eigenvalue weighted by Crippen LogP contribution is 2.32. The van der Waals surface area contributed by atoms with Gasteiger partial charge in [0, 0.05) is 27.7 Å². The summed E-state index contributed by atoms with van der Waals surface area (Å²) in [6.07, 6.45) is 3.57. The third-order valence-corrected chi connectivity index (χ3v) is 6.42. The zero-order valence-electron chi connectivity index (χ0n) is 17.9. The first-order chi connectivity index (χ1) is 15.8. The van der Waals surface area contributed by atoms with Crippen molar-refractivity contribution in [3.8, 4) is 11.4 Å². The van der Waals surface area contributed by atoms with E-state index in [1.165, 1.54) is 0 Å². The molecule has 0 bridgehead atoms. The van der Waals surface area contributed by atoms with Crippen LogP contribution in [0.15, 0.2) is 70.2 Å². The minimum atomic E-state index is -0.481. The number of thioether (sulfide) groups is 1. The second-order valence-electron chi connectivity index (χ2n) is 7.31. The van der Waals surface area contributed by atoms with E-state index in [1.54, 1.807) is 37.5 Å². The number of halogens is 1. The number of amides is 3. The molecular weight excluding hydrogens is 506 g/mol. The van der Waals surface area contributed by atoms with Gasteiger partial charge in [-0.3, -0.25) is 19.3 Å². The van der Waals surface area contributed by atoms with Gasteiger partial charge in [0.2, 0.25) is 5.91 Å². The summed E-state index contributed by atoms with van der Waals surface area (Å²) in [6, 6.07) is 16.6. The average Bonchev–Trinajstić information content (AvgIpc) is 3.29. The van der Waals surface area contributed by atoms with Gasteiger partial charge < -0.3 is 14.6 Å². The van der Waals surface area contributed by atoms with Crippen molar-refractivity contribution in [2.45, 2.75) is 6.92 Å². The van der Waals surface area contributed by atoms with Crippen molar-refractivity contribution in [1.82, 2.24) is 9.47 Å². The van der Waals surface area contributed by atoms with Crippen molar-refractivity contribution in [2.75, 3.05) is 19.0 Å². The predicted octanol–water partition coefficient (Wildman–Crippen LogP) is 5.23. The number of aryl methyl sites for hydroxylation is 1. The lowest BCUT2D eigenvalue weighted by molar-refractivity contribution is -0.127. The number of hydrogen-bond acceptors (Lipinski definition) is 5. The zero-order chi connectivity index (χ0) is 23.5. The van der Waals surface area contributed by atoms with Crippen LogP contribution < -0.4 is 10.1 Å². The molecule has 0 atom stereocenters. The number of hydrogen-bond donors (Lipinski definition) is 1. The number of methoxy groups -OCH3 is 1. The van der Waals surface area contributed by atoms with Crippen LogP contribution in [-0.4, -0.2) is 40.2 Å². The molecule has 0 saturated carbocycles. The van der Waals surface area contributed by atoms with E-state index in [-0.39, 0.29) is 11.4 Å². The number of carbonyl (C=O) groups excluding carboxylic acids is 3. The molecule has 1 N–H and O–H groups in total. The molecule has 1 saturated heterocycles. The smallest absolute Gasteiger partial charge is 0.294 e. The highest BCUT2D eigenvalue weighted by atomic mass is 79.9. The Morgan fingerprint density at radius 1 is 1.12 bits per heavy atom. The number of benzene rings is 2. The Bertz CT molecular complexity index is 1250. The minimum absolute atomic E-state index is 0.281. The molecule has 1 aliphatic rings. The molecule has 168 valence electrons. The Morgan fingerprint density at radius 2 is 1.82 bits per heavy atom. The number of nitrogens with zero attached hydrogens (tertiary/aromatic N) is 2. The first kappa shape index (κ1) is 22.9. The Kier molecular flexibility index (Phi) is 6.71. The standard InChI is InChI=1S/C24H20BrN3O4S/c1-15-11-16(13-27(15)19-7-9-20(32-2)10-8-19)12-21-23(30)28(24(31)33-21)14-22(29)26-18-5-3-17(25)4-6-18/h3-13H,14H2,1-2H3,(H,26,29)/b21-12+. The molecule has 2 heterocycles. The highest BCUT2D eigenvalue weighted by Gasteiger charge is 2.36. The first-order valence-electron chi connectivity index (χ1n) is 9.98. The SMILES string of the molecule is COc1ccc(-n2cc(/C=C3/SC(=O)N(CC(=O)Nc4ccc(Br)cc4)C3=O)cc2C)cc1. The van der Waals surface area contributed by atoms with Gasteiger partial charge >= 0.3 is 0 Å². The monoisotopic (exact) mass is 525 g/mol. The molecule has 7 nitrogen and oxygen atoms in total. The van der Waals surface area contributed by atoms with Crippen molar-refractivity contribution < 1.29 is 19.1 Å². The number of anilines is 1. The Hall–Kier alpha value is -3.30. The van der Waals surface area contributed by atoms with Crippen LogP contribution >= 0.6 is 27.7 Å². The van der Waals surface area contributed by atoms with Crippen LogP contribution in [0.3, 0.4) is 0 Å². The van der Waals surface area contributed by atoms with Crippen LogP contribution in [0, 0.1) is 6.92 Å². The van der Waals surface area contributed by atoms with Crippen LogP contribution in [0.1, 0.15) is 11.3 Å². The van der Waals surface area contributed by atoms with E-state index in [2.05, 4.69) is 21.2 Å². The van der Waals surface area contributed by atoms with Crippen LogP contribution in [0.2, 0.25) is 0 Å². The molecule has 0 unspecified atom stereocenters. The second-order valence-corrected chi connectivity index (χ2v) is 9.21. The molecule has 33 heavy (non-hydrogen) atoms. The van der Waals surface area contributed by atoms with Gasteiger partial charge in [0.1, 0.15) is 12.3 Å².